The number of aliphatic imine (C=N–C) groups is 2. The number of ether oxygens (including phenoxy) is 1. The highest BCUT2D eigenvalue weighted by Gasteiger charge is 2.18. The molecular weight excluding hydrogens is 430 g/mol. The van der Waals surface area contributed by atoms with Crippen molar-refractivity contribution in [2.75, 3.05) is 14.1 Å². The predicted molar refractivity (Wildman–Crippen MR) is 121 cm³/mol. The molecule has 6 nitrogen and oxygen atoms in total. The summed E-state index contributed by atoms with van der Waals surface area (Å²) in [5.74, 6) is 1.90. The molecule has 3 aromatic rings. The summed E-state index contributed by atoms with van der Waals surface area (Å²) < 4.78 is 7.01. The third kappa shape index (κ3) is 4.51. The third-order valence-electron chi connectivity index (χ3n) is 4.62. The minimum atomic E-state index is -0.355. The minimum Gasteiger partial charge on any atom is -0.489 e. The van der Waals surface area contributed by atoms with E-state index in [1.54, 1.807) is 0 Å². The lowest BCUT2D eigenvalue weighted by atomic mass is 10.1. The molecule has 0 saturated carbocycles. The molecule has 0 radical (unpaired) electrons. The van der Waals surface area contributed by atoms with E-state index in [4.69, 9.17) is 10.5 Å². The second-order valence-electron chi connectivity index (χ2n) is 7.04. The summed E-state index contributed by atoms with van der Waals surface area (Å²) >= 11 is 3.45. The molecule has 0 bridgehead atoms. The van der Waals surface area contributed by atoms with E-state index in [2.05, 4.69) is 49.4 Å². The lowest BCUT2D eigenvalue weighted by Crippen LogP contribution is -2.46. The average Bonchev–Trinajstić information content (AvgIpc) is 2.72. The molecule has 29 heavy (non-hydrogen) atoms. The molecule has 7 heteroatoms. The van der Waals surface area contributed by atoms with Crippen molar-refractivity contribution in [2.24, 2.45) is 15.7 Å². The van der Waals surface area contributed by atoms with Gasteiger partial charge in [-0.25, -0.2) is 9.98 Å². The summed E-state index contributed by atoms with van der Waals surface area (Å²) in [5, 5.41) is 5.18. The van der Waals surface area contributed by atoms with Crippen molar-refractivity contribution in [3.8, 4) is 5.75 Å². The van der Waals surface area contributed by atoms with E-state index in [0.717, 1.165) is 32.1 Å². The molecule has 0 saturated heterocycles. The number of hydrogen-bond acceptors (Lipinski definition) is 6. The van der Waals surface area contributed by atoms with Gasteiger partial charge in [-0.05, 0) is 52.2 Å². The number of halogens is 1. The van der Waals surface area contributed by atoms with E-state index in [1.807, 2.05) is 61.5 Å². The molecule has 1 heterocycles. The number of rotatable bonds is 4. The molecule has 0 amide bonds. The summed E-state index contributed by atoms with van der Waals surface area (Å²) in [6, 6.07) is 20.4. The van der Waals surface area contributed by atoms with Gasteiger partial charge >= 0.3 is 0 Å². The normalized spacial score (nSPS) is 16.0. The Morgan fingerprint density at radius 1 is 1.00 bits per heavy atom. The molecule has 0 aliphatic carbocycles. The summed E-state index contributed by atoms with van der Waals surface area (Å²) in [7, 11) is 3.83. The predicted octanol–water partition coefficient (Wildman–Crippen LogP) is 4.02. The zero-order valence-electron chi connectivity index (χ0n) is 16.3. The quantitative estimate of drug-likeness (QED) is 0.627. The van der Waals surface area contributed by atoms with Crippen molar-refractivity contribution >= 4 is 38.6 Å². The first-order chi connectivity index (χ1) is 14.0. The Hall–Kier alpha value is -3.06. The molecule has 0 fully saturated rings. The van der Waals surface area contributed by atoms with Gasteiger partial charge < -0.3 is 15.4 Å². The average molecular weight is 452 g/mol. The fourth-order valence-corrected chi connectivity index (χ4v) is 3.34. The second kappa shape index (κ2) is 8.13. The molecule has 0 spiro atoms. The smallest absolute Gasteiger partial charge is 0.202 e. The van der Waals surface area contributed by atoms with Crippen LogP contribution in [0.2, 0.25) is 0 Å². The van der Waals surface area contributed by atoms with Gasteiger partial charge in [0, 0.05) is 18.6 Å². The van der Waals surface area contributed by atoms with Crippen LogP contribution in [0.1, 0.15) is 17.3 Å². The number of nitrogens with one attached hydrogen (secondary N) is 1. The van der Waals surface area contributed by atoms with Gasteiger partial charge in [0.1, 0.15) is 12.4 Å². The third-order valence-corrected chi connectivity index (χ3v) is 5.15. The van der Waals surface area contributed by atoms with E-state index >= 15 is 0 Å². The fraction of sp³-hybridized carbons (Fsp3) is 0.182. The van der Waals surface area contributed by atoms with Crippen LogP contribution < -0.4 is 15.8 Å². The first-order valence-corrected chi connectivity index (χ1v) is 10.0. The number of nitrogens with zero attached hydrogens (tertiary/aromatic N) is 3. The van der Waals surface area contributed by atoms with Crippen molar-refractivity contribution in [1.82, 2.24) is 10.2 Å². The van der Waals surface area contributed by atoms with Crippen LogP contribution in [0.15, 0.2) is 75.1 Å². The van der Waals surface area contributed by atoms with E-state index in [9.17, 15) is 0 Å². The van der Waals surface area contributed by atoms with Crippen LogP contribution in [0.5, 0.6) is 5.75 Å². The van der Waals surface area contributed by atoms with Gasteiger partial charge in [0.2, 0.25) is 5.96 Å². The van der Waals surface area contributed by atoms with Crippen LogP contribution in [-0.2, 0) is 6.61 Å². The first kappa shape index (κ1) is 19.3. The van der Waals surface area contributed by atoms with E-state index in [0.29, 0.717) is 18.5 Å². The zero-order chi connectivity index (χ0) is 20.4. The lowest BCUT2D eigenvalue weighted by Gasteiger charge is -2.23. The first-order valence-electron chi connectivity index (χ1n) is 9.24. The molecule has 1 atom stereocenters. The largest absolute Gasteiger partial charge is 0.489 e. The molecule has 0 aromatic heterocycles. The van der Waals surface area contributed by atoms with Gasteiger partial charge in [-0.2, -0.15) is 0 Å². The monoisotopic (exact) mass is 451 g/mol. The second-order valence-corrected chi connectivity index (χ2v) is 7.96. The molecule has 1 unspecified atom stereocenters. The maximum atomic E-state index is 5.95. The van der Waals surface area contributed by atoms with E-state index < -0.39 is 0 Å². The maximum Gasteiger partial charge on any atom is 0.202 e. The van der Waals surface area contributed by atoms with Gasteiger partial charge in [-0.15, -0.1) is 0 Å². The molecular formula is C22H22BrN5O. The minimum absolute atomic E-state index is 0.355. The summed E-state index contributed by atoms with van der Waals surface area (Å²) in [6.07, 6.45) is -0.355. The molecule has 148 valence electrons. The summed E-state index contributed by atoms with van der Waals surface area (Å²) in [5.41, 5.74) is 8.04. The van der Waals surface area contributed by atoms with Gasteiger partial charge in [-0.3, -0.25) is 5.32 Å². The van der Waals surface area contributed by atoms with Gasteiger partial charge in [-0.1, -0.05) is 46.3 Å². The van der Waals surface area contributed by atoms with E-state index in [-0.39, 0.29) is 6.17 Å². The summed E-state index contributed by atoms with van der Waals surface area (Å²) in [6.45, 7) is 0.530. The molecule has 1 aliphatic heterocycles. The number of fused-ring (bicyclic) bond motifs is 1. The Kier molecular flexibility index (Phi) is 5.40. The molecule has 1 aliphatic rings. The molecule has 3 N–H and O–H groups in total. The van der Waals surface area contributed by atoms with Crippen LogP contribution in [-0.4, -0.2) is 30.9 Å². The van der Waals surface area contributed by atoms with Crippen LogP contribution in [0.4, 0.5) is 0 Å². The Morgan fingerprint density at radius 3 is 2.48 bits per heavy atom. The Bertz CT molecular complexity index is 1090. The van der Waals surface area contributed by atoms with Crippen molar-refractivity contribution in [2.45, 2.75) is 12.8 Å². The van der Waals surface area contributed by atoms with Crippen molar-refractivity contribution in [3.05, 3.63) is 76.3 Å². The standard InChI is InChI=1S/C22H22BrN5O/c1-28(2)22-26-20(25-21(24)27-22)17-6-5-16-12-19(10-7-15(16)11-17)29-13-14-3-8-18(23)9-4-14/h3-12,20H,13H2,1-2H3,(H3,24,25,26,27). The Morgan fingerprint density at radius 2 is 1.72 bits per heavy atom. The lowest BCUT2D eigenvalue weighted by molar-refractivity contribution is 0.306. The maximum absolute atomic E-state index is 5.95. The van der Waals surface area contributed by atoms with Gasteiger partial charge in [0.15, 0.2) is 12.1 Å². The number of hydrogen-bond donors (Lipinski definition) is 2. The van der Waals surface area contributed by atoms with Gasteiger partial charge in [0.05, 0.1) is 0 Å². The summed E-state index contributed by atoms with van der Waals surface area (Å²) in [4.78, 5) is 10.9. The number of nitrogens with two attached hydrogens (primary N) is 1. The Balaban J connectivity index is 1.54. The van der Waals surface area contributed by atoms with Crippen molar-refractivity contribution < 1.29 is 4.74 Å². The zero-order valence-corrected chi connectivity index (χ0v) is 17.8. The topological polar surface area (TPSA) is 75.2 Å². The number of benzene rings is 3. The highest BCUT2D eigenvalue weighted by Crippen LogP contribution is 2.28. The van der Waals surface area contributed by atoms with Gasteiger partial charge in [0.25, 0.3) is 0 Å². The Labute approximate surface area is 178 Å². The van der Waals surface area contributed by atoms with Crippen LogP contribution in [0, 0.1) is 0 Å². The van der Waals surface area contributed by atoms with Crippen molar-refractivity contribution in [1.29, 1.82) is 0 Å². The molecule has 4 rings (SSSR count). The van der Waals surface area contributed by atoms with Crippen LogP contribution >= 0.6 is 15.9 Å². The SMILES string of the molecule is CN(C)C1=NC(c2ccc3cc(OCc4ccc(Br)cc4)ccc3c2)N=C(N)N1. The van der Waals surface area contributed by atoms with Crippen LogP contribution in [0.3, 0.4) is 0 Å². The van der Waals surface area contributed by atoms with Crippen LogP contribution in [0.25, 0.3) is 10.8 Å². The number of guanidine groups is 2. The molecule has 3 aromatic carbocycles. The van der Waals surface area contributed by atoms with Crippen molar-refractivity contribution in [3.63, 3.8) is 0 Å². The van der Waals surface area contributed by atoms with E-state index in [1.165, 1.54) is 0 Å². The fourth-order valence-electron chi connectivity index (χ4n) is 3.07. The highest BCUT2D eigenvalue weighted by atomic mass is 79.9. The highest BCUT2D eigenvalue weighted by molar-refractivity contribution is 9.10.